The van der Waals surface area contributed by atoms with Crippen LogP contribution in [-0.4, -0.2) is 60.7 Å². The highest BCUT2D eigenvalue weighted by Gasteiger charge is 2.57. The van der Waals surface area contributed by atoms with Crippen LogP contribution >= 0.6 is 0 Å². The molecule has 0 heterocycles. The quantitative estimate of drug-likeness (QED) is 0.0429. The molecule has 0 radical (unpaired) electrons. The van der Waals surface area contributed by atoms with E-state index in [9.17, 15) is 58.6 Å². The average Bonchev–Trinajstić information content (AvgIpc) is 3.12. The number of carbonyl (C=O) groups is 2. The maximum atomic E-state index is 13.1. The molecule has 2 aliphatic carbocycles. The van der Waals surface area contributed by atoms with E-state index in [4.69, 9.17) is 18.9 Å². The van der Waals surface area contributed by atoms with Gasteiger partial charge in [0.1, 0.15) is 13.2 Å². The van der Waals surface area contributed by atoms with Crippen molar-refractivity contribution in [3.63, 3.8) is 0 Å². The molecule has 0 aliphatic heterocycles. The third-order valence-corrected chi connectivity index (χ3v) is 11.2. The first-order chi connectivity index (χ1) is 27.5. The fraction of sp³-hybridized carbons (Fsp3) is 0.810. The minimum Gasteiger partial charge on any atom is -0.461 e. The highest BCUT2D eigenvalue weighted by atomic mass is 19.4. The van der Waals surface area contributed by atoms with Crippen molar-refractivity contribution >= 4 is 11.9 Å². The number of aliphatic hydroxyl groups is 1. The molecule has 17 heteroatoms. The normalized spacial score (nSPS) is 21.5. The summed E-state index contributed by atoms with van der Waals surface area (Å²) in [6.07, 6.45) is -8.57. The summed E-state index contributed by atoms with van der Waals surface area (Å²) in [5, 5.41) is 9.83. The lowest BCUT2D eigenvalue weighted by molar-refractivity contribution is -0.284. The summed E-state index contributed by atoms with van der Waals surface area (Å²) in [4.78, 5) is 25.7. The Kier molecular flexibility index (Phi) is 19.7. The van der Waals surface area contributed by atoms with Crippen LogP contribution in [0, 0.1) is 23.2 Å². The van der Waals surface area contributed by atoms with Crippen LogP contribution in [0.3, 0.4) is 0 Å². The molecular weight excluding hydrogens is 806 g/mol. The second kappa shape index (κ2) is 23.0. The second-order valence-corrected chi connectivity index (χ2v) is 17.0. The van der Waals surface area contributed by atoms with Gasteiger partial charge in [-0.1, -0.05) is 51.7 Å². The zero-order chi connectivity index (χ0) is 43.9. The second-order valence-electron chi connectivity index (χ2n) is 17.0. The Bertz CT molecular complexity index is 1380. The topological polar surface area (TPSA) is 91.3 Å². The van der Waals surface area contributed by atoms with E-state index in [2.05, 4.69) is 13.8 Å². The molecule has 59 heavy (non-hydrogen) atoms. The molecule has 0 amide bonds. The van der Waals surface area contributed by atoms with Crippen molar-refractivity contribution in [1.82, 2.24) is 0 Å². The number of halogens is 10. The summed E-state index contributed by atoms with van der Waals surface area (Å²) in [5.41, 5.74) is 1.57. The van der Waals surface area contributed by atoms with Crippen LogP contribution in [0.15, 0.2) is 18.2 Å². The molecule has 340 valence electrons. The zero-order valence-corrected chi connectivity index (χ0v) is 34.0. The summed E-state index contributed by atoms with van der Waals surface area (Å²) in [6, 6.07) is 5.05. The van der Waals surface area contributed by atoms with Gasteiger partial charge in [-0.2, -0.15) is 43.9 Å². The molecule has 1 aromatic rings. The van der Waals surface area contributed by atoms with Crippen LogP contribution in [0.5, 0.6) is 0 Å². The number of benzene rings is 1. The molecule has 2 aliphatic rings. The number of hydrogen-bond donors (Lipinski definition) is 1. The largest absolute Gasteiger partial charge is 0.461 e. The average molecular weight is 867 g/mol. The molecule has 1 aromatic carbocycles. The van der Waals surface area contributed by atoms with Gasteiger partial charge in [0.15, 0.2) is 6.29 Å². The minimum atomic E-state index is -5.62. The van der Waals surface area contributed by atoms with Crippen LogP contribution < -0.4 is 0 Å². The molecule has 2 bridgehead atoms. The Labute approximate surface area is 340 Å². The van der Waals surface area contributed by atoms with Gasteiger partial charge in [-0.05, 0) is 104 Å². The van der Waals surface area contributed by atoms with Gasteiger partial charge in [-0.15, -0.1) is 0 Å². The van der Waals surface area contributed by atoms with Gasteiger partial charge in [-0.25, -0.2) is 0 Å². The predicted octanol–water partition coefficient (Wildman–Crippen LogP) is 11.9. The fourth-order valence-electron chi connectivity index (χ4n) is 8.52. The third-order valence-electron chi connectivity index (χ3n) is 11.2. The Morgan fingerprint density at radius 3 is 1.58 bits per heavy atom. The lowest BCUT2D eigenvalue weighted by atomic mass is 9.58. The number of fused-ring (bicyclic) bond motifs is 2. The first-order valence-corrected chi connectivity index (χ1v) is 20.7. The van der Waals surface area contributed by atoms with Crippen molar-refractivity contribution in [3.8, 4) is 0 Å². The number of aliphatic hydroxyl groups excluding tert-OH is 1. The highest BCUT2D eigenvalue weighted by molar-refractivity contribution is 5.70. The maximum Gasteiger partial charge on any atom is 0.453 e. The summed E-state index contributed by atoms with van der Waals surface area (Å²) in [5.74, 6) is -8.51. The highest BCUT2D eigenvalue weighted by Crippen LogP contribution is 2.51. The van der Waals surface area contributed by atoms with Gasteiger partial charge in [0, 0.05) is 32.5 Å². The Morgan fingerprint density at radius 1 is 0.678 bits per heavy atom. The zero-order valence-electron chi connectivity index (χ0n) is 34.0. The lowest BCUT2D eigenvalue weighted by Gasteiger charge is -2.47. The Hall–Kier alpha value is -2.66. The van der Waals surface area contributed by atoms with Crippen molar-refractivity contribution < 1.29 is 77.5 Å². The van der Waals surface area contributed by atoms with Gasteiger partial charge in [0.2, 0.25) is 0 Å². The first-order valence-electron chi connectivity index (χ1n) is 20.7. The van der Waals surface area contributed by atoms with E-state index >= 15 is 0 Å². The minimum absolute atomic E-state index is 0.00817. The van der Waals surface area contributed by atoms with Gasteiger partial charge >= 0.3 is 36.1 Å². The van der Waals surface area contributed by atoms with Crippen molar-refractivity contribution in [1.29, 1.82) is 0 Å². The molecule has 0 spiro atoms. The summed E-state index contributed by atoms with van der Waals surface area (Å²) < 4.78 is 149. The van der Waals surface area contributed by atoms with E-state index in [1.165, 1.54) is 19.3 Å². The molecule has 0 saturated heterocycles. The van der Waals surface area contributed by atoms with Crippen molar-refractivity contribution in [2.24, 2.45) is 23.2 Å². The molecule has 2 atom stereocenters. The number of hydrogen-bond acceptors (Lipinski definition) is 7. The standard InChI is InChI=1S/C42H60F10O7/c1-29-17-30-19-31(18-29)24-38(2,23-30)25-36(55)59-28-34-21-32(26-53)20-33(22-34)27-58-35(54)11-12-37(56-15-9-5-3-7-13-39(43,44)41(47,48)49)57-16-10-6-4-8-14-40(45,46)42(50,51)52/h20-22,29-31,37,53H,3-19,23-28H2,1-2H3. The smallest absolute Gasteiger partial charge is 0.453 e. The number of rotatable bonds is 26. The van der Waals surface area contributed by atoms with Gasteiger partial charge in [0.05, 0.1) is 19.4 Å². The van der Waals surface area contributed by atoms with Crippen LogP contribution in [0.2, 0.25) is 0 Å². The molecule has 2 fully saturated rings. The van der Waals surface area contributed by atoms with E-state index in [1.54, 1.807) is 18.2 Å². The van der Waals surface area contributed by atoms with E-state index < -0.39 is 49.3 Å². The summed E-state index contributed by atoms with van der Waals surface area (Å²) in [7, 11) is 0. The number of carbonyl (C=O) groups excluding carboxylic acids is 2. The third kappa shape index (κ3) is 18.1. The molecular formula is C42H60F10O7. The van der Waals surface area contributed by atoms with Gasteiger partial charge < -0.3 is 24.1 Å². The van der Waals surface area contributed by atoms with Crippen LogP contribution in [0.25, 0.3) is 0 Å². The van der Waals surface area contributed by atoms with Crippen LogP contribution in [-0.2, 0) is 48.4 Å². The molecule has 3 rings (SSSR count). The molecule has 7 nitrogen and oxygen atoms in total. The van der Waals surface area contributed by atoms with Gasteiger partial charge in [-0.3, -0.25) is 9.59 Å². The fourth-order valence-corrected chi connectivity index (χ4v) is 8.52. The maximum absolute atomic E-state index is 13.1. The van der Waals surface area contributed by atoms with E-state index in [-0.39, 0.29) is 109 Å². The van der Waals surface area contributed by atoms with Crippen molar-refractivity contribution in [2.75, 3.05) is 13.2 Å². The molecule has 2 unspecified atom stereocenters. The Balaban J connectivity index is 1.45. The van der Waals surface area contributed by atoms with Crippen molar-refractivity contribution in [3.05, 3.63) is 34.9 Å². The number of unbranched alkanes of at least 4 members (excludes halogenated alkanes) is 6. The predicted molar refractivity (Wildman–Crippen MR) is 197 cm³/mol. The van der Waals surface area contributed by atoms with E-state index in [1.807, 2.05) is 0 Å². The molecule has 0 aromatic heterocycles. The van der Waals surface area contributed by atoms with E-state index in [0.29, 0.717) is 40.9 Å². The van der Waals surface area contributed by atoms with E-state index in [0.717, 1.165) is 12.8 Å². The molecule has 2 saturated carbocycles. The summed E-state index contributed by atoms with van der Waals surface area (Å²) in [6.45, 7) is 3.99. The Morgan fingerprint density at radius 2 is 1.12 bits per heavy atom. The van der Waals surface area contributed by atoms with Gasteiger partial charge in [0.25, 0.3) is 0 Å². The monoisotopic (exact) mass is 866 g/mol. The van der Waals surface area contributed by atoms with Crippen molar-refractivity contribution in [2.45, 2.75) is 180 Å². The SMILES string of the molecule is CC1CC2CC(C1)CC(C)(CC(=O)OCc1cc(CO)cc(COC(=O)CCC(OCCCCCCC(F)(F)C(F)(F)F)OCCCCCCC(F)(F)C(F)(F)F)c1)C2. The number of esters is 2. The first kappa shape index (κ1) is 50.7. The number of alkyl halides is 10. The molecule has 1 N–H and O–H groups in total. The number of ether oxygens (including phenoxy) is 4. The summed E-state index contributed by atoms with van der Waals surface area (Å²) >= 11 is 0. The van der Waals surface area contributed by atoms with Crippen LogP contribution in [0.1, 0.15) is 146 Å². The van der Waals surface area contributed by atoms with Crippen LogP contribution in [0.4, 0.5) is 43.9 Å². The lowest BCUT2D eigenvalue weighted by Crippen LogP contribution is -2.37.